The lowest BCUT2D eigenvalue weighted by molar-refractivity contribution is 0.0775. The van der Waals surface area contributed by atoms with Gasteiger partial charge in [0.2, 0.25) is 15.8 Å². The average molecular weight is 553 g/mol. The summed E-state index contributed by atoms with van der Waals surface area (Å²) in [5.74, 6) is -1.22. The number of ketones is 1. The summed E-state index contributed by atoms with van der Waals surface area (Å²) in [5, 5.41) is 6.50. The van der Waals surface area contributed by atoms with Crippen LogP contribution in [0.2, 0.25) is 0 Å². The summed E-state index contributed by atoms with van der Waals surface area (Å²) in [7, 11) is -4.07. The summed E-state index contributed by atoms with van der Waals surface area (Å²) in [5.41, 5.74) is 2.16. The van der Waals surface area contributed by atoms with Crippen LogP contribution in [0.5, 0.6) is 0 Å². The number of halogens is 2. The molecule has 1 atom stereocenters. The third-order valence-corrected chi connectivity index (χ3v) is 9.91. The van der Waals surface area contributed by atoms with Gasteiger partial charge in [0.15, 0.2) is 5.01 Å². The first-order chi connectivity index (χ1) is 18.2. The molecule has 2 aromatic carbocycles. The Morgan fingerprint density at radius 2 is 1.92 bits per heavy atom. The molecule has 194 valence electrons. The van der Waals surface area contributed by atoms with E-state index < -0.39 is 21.3 Å². The number of fused-ring (bicyclic) bond motifs is 2. The average Bonchev–Trinajstić information content (AvgIpc) is 3.59. The fourth-order valence-corrected chi connectivity index (χ4v) is 7.42. The van der Waals surface area contributed by atoms with Crippen LogP contribution in [0.15, 0.2) is 70.7 Å². The number of aryl methyl sites for hydroxylation is 1. The van der Waals surface area contributed by atoms with Gasteiger partial charge in [-0.05, 0) is 73.4 Å². The lowest BCUT2D eigenvalue weighted by atomic mass is 9.66. The van der Waals surface area contributed by atoms with Crippen molar-refractivity contribution in [2.45, 2.75) is 24.7 Å². The Kier molecular flexibility index (Phi) is 5.89. The minimum Gasteiger partial charge on any atom is -0.290 e. The molecular weight excluding hydrogens is 530 g/mol. The molecule has 3 heterocycles. The Hall–Kier alpha value is -3.54. The largest absolute Gasteiger partial charge is 0.290 e. The minimum absolute atomic E-state index is 0.101. The maximum absolute atomic E-state index is 14.3. The van der Waals surface area contributed by atoms with Crippen LogP contribution in [0.4, 0.5) is 8.78 Å². The molecule has 1 fully saturated rings. The molecule has 0 bridgehead atoms. The lowest BCUT2D eigenvalue weighted by Crippen LogP contribution is -2.53. The fraction of sp³-hybridized carbons (Fsp3) is 0.222. The standard InChI is InChI=1S/C27H22F2N4O3S2/c1-17-2-7-22(13-23(17)29)38(35,36)32-10-8-19-12-24-18(15-31-33(24)21-5-3-20(28)4-6-21)14-27(19,16-32)25(34)26-30-9-11-37-26/h2-7,9,11-13,15H,8,10,14,16H2,1H3/t27-/m0/s1. The van der Waals surface area contributed by atoms with Crippen molar-refractivity contribution >= 4 is 33.2 Å². The highest BCUT2D eigenvalue weighted by Crippen LogP contribution is 2.47. The van der Waals surface area contributed by atoms with Gasteiger partial charge in [-0.2, -0.15) is 9.40 Å². The van der Waals surface area contributed by atoms with Gasteiger partial charge >= 0.3 is 0 Å². The molecule has 6 rings (SSSR count). The fourth-order valence-electron chi connectivity index (χ4n) is 5.23. The van der Waals surface area contributed by atoms with E-state index in [-0.39, 0.29) is 36.0 Å². The van der Waals surface area contributed by atoms with E-state index in [1.807, 2.05) is 6.08 Å². The Labute approximate surface area is 222 Å². The van der Waals surface area contributed by atoms with Crippen molar-refractivity contribution in [3.63, 3.8) is 0 Å². The first-order valence-corrected chi connectivity index (χ1v) is 14.3. The number of Topliss-reactive ketones (excluding diaryl/α,β-unsaturated/α-hetero) is 1. The molecule has 0 N–H and O–H groups in total. The summed E-state index contributed by atoms with van der Waals surface area (Å²) in [6, 6.07) is 9.81. The number of sulfonamides is 1. The normalized spacial score (nSPS) is 19.5. The molecule has 2 aliphatic rings. The molecule has 0 radical (unpaired) electrons. The first-order valence-electron chi connectivity index (χ1n) is 11.9. The molecule has 1 aliphatic heterocycles. The minimum atomic E-state index is -4.07. The van der Waals surface area contributed by atoms with Gasteiger partial charge in [-0.1, -0.05) is 11.6 Å². The second kappa shape index (κ2) is 9.04. The Morgan fingerprint density at radius 3 is 2.63 bits per heavy atom. The maximum Gasteiger partial charge on any atom is 0.243 e. The Balaban J connectivity index is 1.44. The molecule has 0 saturated carbocycles. The van der Waals surface area contributed by atoms with Crippen LogP contribution in [0.3, 0.4) is 0 Å². The summed E-state index contributed by atoms with van der Waals surface area (Å²) >= 11 is 1.21. The number of aromatic nitrogens is 3. The van der Waals surface area contributed by atoms with Crippen molar-refractivity contribution < 1.29 is 22.0 Å². The van der Waals surface area contributed by atoms with Crippen molar-refractivity contribution in [3.05, 3.63) is 99.3 Å². The van der Waals surface area contributed by atoms with Gasteiger partial charge in [0.1, 0.15) is 11.6 Å². The highest BCUT2D eigenvalue weighted by molar-refractivity contribution is 7.89. The number of piperidine rings is 1. The van der Waals surface area contributed by atoms with E-state index in [1.54, 1.807) is 41.5 Å². The van der Waals surface area contributed by atoms with Gasteiger partial charge in [0.05, 0.1) is 27.9 Å². The van der Waals surface area contributed by atoms with E-state index in [4.69, 9.17) is 0 Å². The zero-order valence-corrected chi connectivity index (χ0v) is 21.9. The van der Waals surface area contributed by atoms with Gasteiger partial charge in [-0.15, -0.1) is 11.3 Å². The molecule has 4 aromatic rings. The molecule has 0 spiro atoms. The molecule has 1 saturated heterocycles. The summed E-state index contributed by atoms with van der Waals surface area (Å²) in [6.07, 6.45) is 5.63. The van der Waals surface area contributed by atoms with Crippen LogP contribution in [0, 0.1) is 24.0 Å². The SMILES string of the molecule is Cc1ccc(S(=O)(=O)N2CCC3=Cc4c(cnn4-c4ccc(F)cc4)C[C@]3(C(=O)c3nccs3)C2)cc1F. The van der Waals surface area contributed by atoms with Crippen molar-refractivity contribution in [2.24, 2.45) is 5.41 Å². The number of benzene rings is 2. The van der Waals surface area contributed by atoms with E-state index in [1.165, 1.54) is 39.9 Å². The number of thiazole rings is 1. The van der Waals surface area contributed by atoms with Crippen LogP contribution < -0.4 is 0 Å². The molecule has 0 amide bonds. The number of carbonyl (C=O) groups excluding carboxylic acids is 1. The molecule has 11 heteroatoms. The number of carbonyl (C=O) groups is 1. The monoisotopic (exact) mass is 552 g/mol. The van der Waals surface area contributed by atoms with E-state index in [2.05, 4.69) is 10.1 Å². The van der Waals surface area contributed by atoms with E-state index in [0.717, 1.165) is 22.9 Å². The Bertz CT molecular complexity index is 1700. The summed E-state index contributed by atoms with van der Waals surface area (Å²) in [6.45, 7) is 1.60. The lowest BCUT2D eigenvalue weighted by Gasteiger charge is -2.44. The number of rotatable bonds is 5. The summed E-state index contributed by atoms with van der Waals surface area (Å²) < 4.78 is 58.0. The quantitative estimate of drug-likeness (QED) is 0.332. The predicted molar refractivity (Wildman–Crippen MR) is 139 cm³/mol. The van der Waals surface area contributed by atoms with E-state index in [9.17, 15) is 22.0 Å². The van der Waals surface area contributed by atoms with Crippen molar-refractivity contribution in [1.82, 2.24) is 19.1 Å². The number of hydrogen-bond donors (Lipinski definition) is 0. The zero-order valence-electron chi connectivity index (χ0n) is 20.3. The van der Waals surface area contributed by atoms with Gasteiger partial charge in [-0.3, -0.25) is 4.79 Å². The molecule has 38 heavy (non-hydrogen) atoms. The van der Waals surface area contributed by atoms with Gasteiger partial charge in [0.25, 0.3) is 0 Å². The topological polar surface area (TPSA) is 85.2 Å². The van der Waals surface area contributed by atoms with E-state index >= 15 is 0 Å². The Morgan fingerprint density at radius 1 is 1.13 bits per heavy atom. The molecule has 1 aliphatic carbocycles. The molecular formula is C27H22F2N4O3S2. The zero-order chi connectivity index (χ0) is 26.7. The molecule has 2 aromatic heterocycles. The van der Waals surface area contributed by atoms with E-state index in [0.29, 0.717) is 22.7 Å². The van der Waals surface area contributed by atoms with Crippen LogP contribution in [-0.4, -0.2) is 46.4 Å². The smallest absolute Gasteiger partial charge is 0.243 e. The van der Waals surface area contributed by atoms with Crippen LogP contribution in [0.25, 0.3) is 11.8 Å². The van der Waals surface area contributed by atoms with Crippen molar-refractivity contribution in [2.75, 3.05) is 13.1 Å². The molecule has 0 unspecified atom stereocenters. The second-order valence-electron chi connectivity index (χ2n) is 9.54. The summed E-state index contributed by atoms with van der Waals surface area (Å²) in [4.78, 5) is 18.1. The number of nitrogens with zero attached hydrogens (tertiary/aromatic N) is 4. The first kappa shape index (κ1) is 24.8. The van der Waals surface area contributed by atoms with Crippen LogP contribution >= 0.6 is 11.3 Å². The highest BCUT2D eigenvalue weighted by Gasteiger charge is 2.51. The van der Waals surface area contributed by atoms with Gasteiger partial charge in [-0.25, -0.2) is 26.9 Å². The predicted octanol–water partition coefficient (Wildman–Crippen LogP) is 4.82. The second-order valence-corrected chi connectivity index (χ2v) is 12.4. The van der Waals surface area contributed by atoms with Gasteiger partial charge < -0.3 is 0 Å². The molecule has 7 nitrogen and oxygen atoms in total. The third-order valence-electron chi connectivity index (χ3n) is 7.29. The highest BCUT2D eigenvalue weighted by atomic mass is 32.2. The number of hydrogen-bond acceptors (Lipinski definition) is 6. The van der Waals surface area contributed by atoms with Gasteiger partial charge in [0, 0.05) is 24.7 Å². The van der Waals surface area contributed by atoms with Crippen LogP contribution in [0.1, 0.15) is 33.0 Å². The van der Waals surface area contributed by atoms with Crippen LogP contribution in [-0.2, 0) is 16.4 Å². The van der Waals surface area contributed by atoms with Crippen molar-refractivity contribution in [3.8, 4) is 5.69 Å². The van der Waals surface area contributed by atoms with Crippen molar-refractivity contribution in [1.29, 1.82) is 0 Å². The third kappa shape index (κ3) is 3.93. The maximum atomic E-state index is 14.3.